The molecule has 2 aliphatic heterocycles. The van der Waals surface area contributed by atoms with Crippen LogP contribution in [0.2, 0.25) is 0 Å². The van der Waals surface area contributed by atoms with Gasteiger partial charge in [0.15, 0.2) is 0 Å². The van der Waals surface area contributed by atoms with Gasteiger partial charge in [0.2, 0.25) is 5.56 Å². The van der Waals surface area contributed by atoms with E-state index in [-0.39, 0.29) is 44.0 Å². The molecule has 61 valence electrons. The third kappa shape index (κ3) is 1.29. The molecule has 0 saturated heterocycles. The molecule has 0 amide bonds. The molecule has 2 aliphatic rings. The molecule has 0 unspecified atom stereocenters. The van der Waals surface area contributed by atoms with Gasteiger partial charge in [-0.1, -0.05) is 26.4 Å². The molecule has 3 nitrogen and oxygen atoms in total. The normalized spacial score (nSPS) is 10.1. The first-order chi connectivity index (χ1) is 5.22. The third-order valence-corrected chi connectivity index (χ3v) is 3.70. The molecule has 0 aromatic heterocycles. The van der Waals surface area contributed by atoms with E-state index >= 15 is 0 Å². The molecule has 0 bridgehead atoms. The van der Waals surface area contributed by atoms with Crippen LogP contribution in [0, 0.1) is 0 Å². The van der Waals surface area contributed by atoms with Crippen LogP contribution in [-0.2, 0) is 39.8 Å². The van der Waals surface area contributed by atoms with E-state index in [0.29, 0.717) is 0 Å². The van der Waals surface area contributed by atoms with Gasteiger partial charge in [-0.15, -0.1) is 0 Å². The van der Waals surface area contributed by atoms with Crippen molar-refractivity contribution in [2.75, 3.05) is 0 Å². The quantitative estimate of drug-likeness (QED) is 0.680. The molecule has 6 heteroatoms. The molecule has 0 atom stereocenters. The number of nitrogens with zero attached hydrogens (tertiary/aromatic N) is 1. The van der Waals surface area contributed by atoms with Gasteiger partial charge in [0, 0.05) is 45.1 Å². The molecule has 2 heterocycles. The van der Waals surface area contributed by atoms with E-state index in [0.717, 1.165) is 10.6 Å². The molecule has 2 rings (SSSR count). The van der Waals surface area contributed by atoms with Crippen molar-refractivity contribution >= 4 is 26.4 Å². The van der Waals surface area contributed by atoms with Crippen molar-refractivity contribution in [2.45, 2.75) is 0 Å². The topological polar surface area (TPSA) is 45.8 Å². The molecule has 0 aromatic carbocycles. The van der Waals surface area contributed by atoms with E-state index in [4.69, 9.17) is 5.73 Å². The molecular formula is C6H5N2OS2Y-. The Labute approximate surface area is 102 Å². The predicted molar refractivity (Wildman–Crippen MR) is 48.0 cm³/mol. The van der Waals surface area contributed by atoms with E-state index in [1.807, 2.05) is 5.38 Å². The van der Waals surface area contributed by atoms with E-state index in [1.165, 1.54) is 14.9 Å². The average Bonchev–Trinajstić information content (AvgIpc) is 2.53. The molecule has 1 radical (unpaired) electrons. The zero-order chi connectivity index (χ0) is 8.01. The average molecular weight is 274 g/mol. The van der Waals surface area contributed by atoms with Gasteiger partial charge in [0.25, 0.3) is 0 Å². The maximum absolute atomic E-state index is 11.1. The monoisotopic (exact) mass is 274 g/mol. The first-order valence-corrected chi connectivity index (χ1v) is 5.21. The Kier molecular flexibility index (Phi) is 3.09. The summed E-state index contributed by atoms with van der Waals surface area (Å²) in [6.45, 7) is 0. The van der Waals surface area contributed by atoms with Gasteiger partial charge in [0.1, 0.15) is 0 Å². The second-order valence-corrected chi connectivity index (χ2v) is 4.33. The van der Waals surface area contributed by atoms with Gasteiger partial charge in [-0.05, 0) is 0 Å². The van der Waals surface area contributed by atoms with E-state index in [9.17, 15) is 4.79 Å². The van der Waals surface area contributed by atoms with Crippen molar-refractivity contribution in [1.29, 1.82) is 0 Å². The van der Waals surface area contributed by atoms with Gasteiger partial charge < -0.3 is 10.3 Å². The number of hydrogen-bond donors (Lipinski definition) is 0. The van der Waals surface area contributed by atoms with Crippen molar-refractivity contribution in [3.8, 4) is 10.6 Å². The molecule has 0 saturated carbocycles. The van der Waals surface area contributed by atoms with Crippen LogP contribution < -0.4 is 5.56 Å². The molecule has 0 fully saturated rings. The Hall–Kier alpha value is 0.294. The summed E-state index contributed by atoms with van der Waals surface area (Å²) in [5.41, 5.74) is 8.23. The Morgan fingerprint density at radius 2 is 2.25 bits per heavy atom. The Bertz CT molecular complexity index is 381. The van der Waals surface area contributed by atoms with E-state index in [2.05, 4.69) is 0 Å². The van der Waals surface area contributed by atoms with Gasteiger partial charge in [-0.25, -0.2) is 0 Å². The second kappa shape index (κ2) is 3.58. The molecule has 1 N–H and O–H groups in total. The fourth-order valence-corrected chi connectivity index (χ4v) is 3.24. The Morgan fingerprint density at radius 1 is 1.58 bits per heavy atom. The minimum Gasteiger partial charge on any atom is -0.693 e. The Morgan fingerprint density at radius 3 is 2.83 bits per heavy atom. The molecule has 0 aromatic rings. The van der Waals surface area contributed by atoms with Gasteiger partial charge in [-0.2, -0.15) is 0 Å². The minimum absolute atomic E-state index is 0. The van der Waals surface area contributed by atoms with Gasteiger partial charge in [0.05, 0.1) is 10.6 Å². The number of hydrogen-bond acceptors (Lipinski definition) is 3. The van der Waals surface area contributed by atoms with Crippen molar-refractivity contribution in [3.63, 3.8) is 0 Å². The molecular weight excluding hydrogens is 269 g/mol. The van der Waals surface area contributed by atoms with E-state index in [1.54, 1.807) is 17.4 Å². The van der Waals surface area contributed by atoms with Gasteiger partial charge in [-0.3, -0.25) is 4.79 Å². The maximum atomic E-state index is 11.1. The summed E-state index contributed by atoms with van der Waals surface area (Å²) in [5.74, 6) is 0. The summed E-state index contributed by atoms with van der Waals surface area (Å²) in [5, 5.41) is 1.90. The third-order valence-electron chi connectivity index (χ3n) is 1.63. The zero-order valence-electron chi connectivity index (χ0n) is 6.33. The maximum Gasteiger partial charge on any atom is 0.237 e. The van der Waals surface area contributed by atoms with Crippen LogP contribution in [0.25, 0.3) is 16.3 Å². The first kappa shape index (κ1) is 10.4. The summed E-state index contributed by atoms with van der Waals surface area (Å²) < 4.78 is 1.52. The summed E-state index contributed by atoms with van der Waals surface area (Å²) in [4.78, 5) is 11.9. The van der Waals surface area contributed by atoms with Crippen LogP contribution in [-0.4, -0.2) is 4.57 Å². The predicted octanol–water partition coefficient (Wildman–Crippen LogP) is 2.29. The number of fused-ring (bicyclic) bond motifs is 1. The fourth-order valence-electron chi connectivity index (χ4n) is 0.989. The standard InChI is InChI=1S/C6H5N2OS2.Y/c1-8-3-2-10-11-5(3)4(7)6(8)9;/h2,7H,1H3;/q-1;. The summed E-state index contributed by atoms with van der Waals surface area (Å²) >= 11 is 0. The second-order valence-electron chi connectivity index (χ2n) is 2.25. The van der Waals surface area contributed by atoms with Crippen molar-refractivity contribution in [2.24, 2.45) is 7.05 Å². The largest absolute Gasteiger partial charge is 0.693 e. The number of aromatic nitrogens is 1. The summed E-state index contributed by atoms with van der Waals surface area (Å²) in [6, 6.07) is 0. The zero-order valence-corrected chi connectivity index (χ0v) is 10.8. The smallest absolute Gasteiger partial charge is 0.237 e. The molecule has 12 heavy (non-hydrogen) atoms. The van der Waals surface area contributed by atoms with E-state index < -0.39 is 0 Å². The fraction of sp³-hybridized carbons (Fsp3) is 0.167. The summed E-state index contributed by atoms with van der Waals surface area (Å²) in [6.07, 6.45) is 0. The molecule has 0 spiro atoms. The molecule has 0 aliphatic carbocycles. The van der Waals surface area contributed by atoms with Crippen molar-refractivity contribution in [1.82, 2.24) is 4.57 Å². The van der Waals surface area contributed by atoms with Crippen molar-refractivity contribution in [3.05, 3.63) is 21.5 Å². The van der Waals surface area contributed by atoms with Crippen LogP contribution >= 0.6 is 20.7 Å². The van der Waals surface area contributed by atoms with Crippen LogP contribution in [0.15, 0.2) is 10.2 Å². The summed E-state index contributed by atoms with van der Waals surface area (Å²) in [7, 11) is 4.74. The van der Waals surface area contributed by atoms with Crippen LogP contribution in [0.4, 0.5) is 5.69 Å². The SMILES string of the molecule is Cn1c2cssc-2c([NH-])c1=O.[Y]. The number of rotatable bonds is 0. The minimum atomic E-state index is -0.195. The van der Waals surface area contributed by atoms with Crippen LogP contribution in [0.1, 0.15) is 0 Å². The van der Waals surface area contributed by atoms with Crippen LogP contribution in [0.3, 0.4) is 0 Å². The van der Waals surface area contributed by atoms with Crippen molar-refractivity contribution < 1.29 is 32.7 Å². The van der Waals surface area contributed by atoms with Gasteiger partial charge >= 0.3 is 0 Å². The number of nitrogens with one attached hydrogen (secondary N) is 1. The first-order valence-electron chi connectivity index (χ1n) is 2.99. The Balaban J connectivity index is 0.000000720. The van der Waals surface area contributed by atoms with Crippen LogP contribution in [0.5, 0.6) is 0 Å².